The van der Waals surface area contributed by atoms with E-state index >= 15 is 0 Å². The van der Waals surface area contributed by atoms with Crippen molar-refractivity contribution in [3.05, 3.63) is 188 Å². The maximum absolute atomic E-state index is 5.79. The lowest BCUT2D eigenvalue weighted by Gasteiger charge is -2.55. The number of nitrogens with zero attached hydrogens (tertiary/aromatic N) is 8. The number of methoxy groups -OCH3 is 4. The molecule has 808 valence electrons. The zero-order valence-corrected chi connectivity index (χ0v) is 105. The molecule has 0 spiro atoms. The van der Waals surface area contributed by atoms with Crippen molar-refractivity contribution in [2.24, 2.45) is 59.2 Å². The smallest absolute Gasteiger partial charge is 0.191 e. The van der Waals surface area contributed by atoms with Gasteiger partial charge in [0.25, 0.3) is 0 Å². The molecule has 14 unspecified atom stereocenters. The zero-order chi connectivity index (χ0) is 107. The molecule has 0 aliphatic heterocycles. The van der Waals surface area contributed by atoms with Gasteiger partial charge in [-0.3, -0.25) is 18.4 Å². The Morgan fingerprint density at radius 1 is 0.322 bits per heavy atom. The normalized spacial score (nSPS) is 27.4. The Morgan fingerprint density at radius 2 is 0.603 bits per heavy atom. The van der Waals surface area contributed by atoms with Crippen molar-refractivity contribution in [1.82, 2.24) is 18.7 Å². The lowest BCUT2D eigenvalue weighted by Crippen LogP contribution is -2.72. The largest absolute Gasteiger partial charge is 0.497 e. The summed E-state index contributed by atoms with van der Waals surface area (Å²) in [7, 11) is 28.9. The van der Waals surface area contributed by atoms with Gasteiger partial charge >= 0.3 is 0 Å². The van der Waals surface area contributed by atoms with Gasteiger partial charge in [0.15, 0.2) is 32.9 Å². The van der Waals surface area contributed by atoms with Gasteiger partial charge in [0, 0.05) is 33.7 Å². The highest BCUT2D eigenvalue weighted by molar-refractivity contribution is 6.77. The van der Waals surface area contributed by atoms with Crippen molar-refractivity contribution in [1.29, 1.82) is 0 Å². The van der Waals surface area contributed by atoms with E-state index in [4.69, 9.17) is 18.9 Å². The first-order chi connectivity index (χ1) is 68.2. The second-order valence-corrected chi connectivity index (χ2v) is 75.4. The third-order valence-corrected chi connectivity index (χ3v) is 59.1. The zero-order valence-electron chi connectivity index (χ0n) is 101. The van der Waals surface area contributed by atoms with Crippen molar-refractivity contribution >= 4 is 55.2 Å². The van der Waals surface area contributed by atoms with E-state index in [1.54, 1.807) is 58.8 Å². The van der Waals surface area contributed by atoms with Gasteiger partial charge in [-0.15, -0.1) is 0 Å². The van der Waals surface area contributed by atoms with Crippen LogP contribution in [0.3, 0.4) is 0 Å². The third-order valence-electron chi connectivity index (χ3n) is 40.0. The highest BCUT2D eigenvalue weighted by Crippen LogP contribution is 2.69. The molecule has 0 amide bonds. The number of hydrogen-bond acceptors (Lipinski definition) is 8. The lowest BCUT2D eigenvalue weighted by molar-refractivity contribution is -0.978. The molecule has 4 aromatic rings. The fourth-order valence-electron chi connectivity index (χ4n) is 36.7. The molecule has 0 saturated heterocycles. The Morgan fingerprint density at radius 3 is 0.925 bits per heavy atom. The van der Waals surface area contributed by atoms with Gasteiger partial charge in [-0.2, -0.15) is 18.7 Å². The number of rotatable bonds is 30. The van der Waals surface area contributed by atoms with Gasteiger partial charge in [0.2, 0.25) is 0 Å². The second-order valence-electron chi connectivity index (χ2n) is 57.5. The van der Waals surface area contributed by atoms with Crippen molar-refractivity contribution in [3.63, 3.8) is 0 Å². The number of fused-ring (bicyclic) bond motifs is 16. The van der Waals surface area contributed by atoms with Crippen LogP contribution in [0.1, 0.15) is 335 Å². The van der Waals surface area contributed by atoms with Crippen LogP contribution in [0.25, 0.3) is 22.3 Å². The van der Waals surface area contributed by atoms with Crippen LogP contribution in [0, 0.1) is 59.2 Å². The highest BCUT2D eigenvalue weighted by atomic mass is 28.3. The molecule has 16 heteroatoms. The Balaban J connectivity index is 0.000000146. The summed E-state index contributed by atoms with van der Waals surface area (Å²) in [6.45, 7) is 60.4. The summed E-state index contributed by atoms with van der Waals surface area (Å²) < 4.78 is 38.5. The molecule has 0 heterocycles. The van der Waals surface area contributed by atoms with Crippen LogP contribution < -0.4 is 18.9 Å². The summed E-state index contributed by atoms with van der Waals surface area (Å²) in [4.78, 5) is 0. The van der Waals surface area contributed by atoms with E-state index in [-0.39, 0.29) is 32.7 Å². The van der Waals surface area contributed by atoms with Gasteiger partial charge in [-0.25, -0.2) is 0 Å². The summed E-state index contributed by atoms with van der Waals surface area (Å²) in [5, 5.41) is 0. The van der Waals surface area contributed by atoms with E-state index < -0.39 is 32.9 Å². The fraction of sp³-hybridized carbons (Fsp3) is 0.692. The Labute approximate surface area is 898 Å². The van der Waals surface area contributed by atoms with Crippen LogP contribution in [0.2, 0.25) is 74.5 Å². The molecule has 6 fully saturated rings. The average Bonchev–Trinajstić information content (AvgIpc) is 1.54. The summed E-state index contributed by atoms with van der Waals surface area (Å²) in [5.74, 6) is 10.8. The average molecular weight is 2060 g/mol. The molecule has 14 aliphatic carbocycles. The van der Waals surface area contributed by atoms with Gasteiger partial charge in [-0.05, 0) is 338 Å². The maximum Gasteiger partial charge on any atom is 0.191 e. The van der Waals surface area contributed by atoms with Crippen LogP contribution in [-0.2, 0) is 21.7 Å². The Kier molecular flexibility index (Phi) is 33.5. The Bertz CT molecular complexity index is 5530. The lowest BCUT2D eigenvalue weighted by atomic mass is 9.68. The number of allylic oxidation sites excluding steroid dienone is 16. The van der Waals surface area contributed by atoms with Gasteiger partial charge in [0.05, 0.1) is 124 Å². The van der Waals surface area contributed by atoms with Gasteiger partial charge in [-0.1, -0.05) is 297 Å². The van der Waals surface area contributed by atoms with Crippen LogP contribution in [-0.4, -0.2) is 206 Å². The Hall–Kier alpha value is -5.45. The molecule has 146 heavy (non-hydrogen) atoms. The number of hydrogen-bond donors (Lipinski definition) is 0. The van der Waals surface area contributed by atoms with E-state index in [1.165, 1.54) is 224 Å². The molecule has 6 saturated carbocycles. The van der Waals surface area contributed by atoms with Crippen molar-refractivity contribution in [2.45, 2.75) is 410 Å². The fourth-order valence-corrected chi connectivity index (χ4v) is 60.0. The third kappa shape index (κ3) is 21.1. The van der Waals surface area contributed by atoms with Crippen molar-refractivity contribution in [2.75, 3.05) is 113 Å². The van der Waals surface area contributed by atoms with E-state index in [9.17, 15) is 0 Å². The predicted molar refractivity (Wildman–Crippen MR) is 635 cm³/mol. The monoisotopic (exact) mass is 2060 g/mol. The molecule has 18 rings (SSSR count). The second kappa shape index (κ2) is 42.7. The molecule has 12 nitrogen and oxygen atoms in total. The van der Waals surface area contributed by atoms with E-state index in [0.29, 0.717) is 47.3 Å². The number of unbranched alkanes of at least 4 members (excludes halogenated alkanes) is 4. The van der Waals surface area contributed by atoms with E-state index in [2.05, 4.69) is 388 Å². The molecule has 14 aliphatic rings. The SMILES string of the molecule is CCCCC1(CCCC)C2=CC3C(C=C2c2ccc(OC)cc21)CC(C)C3[Si](C)(C)N(C(C)(C)C)[N+](C)(C)C.CCCCC1(CCCC)C2=CC3C(C=C2c2ccc(OC)cc21)CCC3[Si](C)(C)N(C(C)(C)C)[N+](C)(C)C.COc1ccc2c(c1)C(C)(C)C1=CC3C(C=C12)CC(C)C3[Si](C)(C)N(C1CCCCC1)[N+](C)(C)C.COc1ccc2c(c1)C(C)(C)C1=CC3C(C=C12)CCC3[Si](C)(C)N(C1CCCCC1)[N+](C)(C)C. The maximum atomic E-state index is 5.79. The highest BCUT2D eigenvalue weighted by Gasteiger charge is 2.64. The molecular weight excluding hydrogens is 1850 g/mol. The summed E-state index contributed by atoms with van der Waals surface area (Å²) in [5.41, 5.74) is 28.2. The molecule has 0 aromatic heterocycles. The van der Waals surface area contributed by atoms with Crippen LogP contribution in [0.5, 0.6) is 23.0 Å². The van der Waals surface area contributed by atoms with Crippen molar-refractivity contribution in [3.8, 4) is 23.0 Å². The summed E-state index contributed by atoms with van der Waals surface area (Å²) >= 11 is 0. The van der Waals surface area contributed by atoms with Crippen LogP contribution in [0.15, 0.2) is 144 Å². The van der Waals surface area contributed by atoms with E-state index in [1.807, 2.05) is 14.2 Å². The first-order valence-electron chi connectivity index (χ1n) is 59.2. The topological polar surface area (TPSA) is 49.9 Å². The summed E-state index contributed by atoms with van der Waals surface area (Å²) in [6.07, 6.45) is 59.3. The predicted octanol–water partition coefficient (Wildman–Crippen LogP) is 32.8. The first-order valence-corrected chi connectivity index (χ1v) is 71.3. The molecule has 0 N–H and O–H groups in total. The number of ether oxygens (including phenoxy) is 4. The molecular formula is C130H212N8O4Si4+4. The van der Waals surface area contributed by atoms with Crippen molar-refractivity contribution < 1.29 is 37.3 Å². The standard InChI is InChI=1S/C35H59N2OSi.C34H57N2OSi.C31H49N2OSi.C30H47N2OSi/c1-13-15-19-35(20-16-14-2)31-23-27(38-10)17-18-28(31)30-22-26-21-25(3)33(29(26)24-32(30)35)39(11,12)36(34(4,5)6)37(7,8)9;1-12-14-20-34(21-15-13-2)30-23-26(37-9)17-18-27(30)29-22-25-16-19-32(28(25)24-31(29)34)38(10,11)35(33(3,4)5)36(6,7)8;1-21-17-22-18-27-25-16-15-24(34-7)19-28(25)31(2,3)29(27)20-26(22)30(21)35(8,9)32(33(4,5)6)23-13-11-10-12-14-23;1-30(2)27-19-23(33-6)15-16-24(27)26-18-21-14-17-29(25(21)20-28(26)30)34(7,8)31(32(3,4)5)22-12-10-9-11-13-22/h17-18,22-26,29,33H,13-16,19-21H2,1-12H3;17-18,22-25,28,32H,12-16,19-21H2,1-11H3;15-16,18-23,26,30H,10-14,17H2,1-9H3;15-16,18-22,25,29H,9-14,17H2,1-8H3/q4*+1. The molecule has 0 bridgehead atoms. The van der Waals surface area contributed by atoms with Crippen LogP contribution in [0.4, 0.5) is 0 Å². The first kappa shape index (κ1) is 115. The quantitative estimate of drug-likeness (QED) is 0.0291. The van der Waals surface area contributed by atoms with E-state index in [0.717, 1.165) is 87.5 Å². The minimum atomic E-state index is -1.87. The molecule has 4 aromatic carbocycles. The van der Waals surface area contributed by atoms with Gasteiger partial charge < -0.3 is 18.9 Å². The number of benzene rings is 4. The minimum Gasteiger partial charge on any atom is -0.497 e. The van der Waals surface area contributed by atoms with Gasteiger partial charge in [0.1, 0.15) is 23.0 Å². The van der Waals surface area contributed by atoms with Crippen LogP contribution >= 0.6 is 0 Å². The number of quaternary nitrogens is 4. The molecule has 0 radical (unpaired) electrons. The minimum absolute atomic E-state index is 0.0336. The molecule has 14 atom stereocenters. The summed E-state index contributed by atoms with van der Waals surface area (Å²) in [6, 6.07) is 28.9.